The van der Waals surface area contributed by atoms with Crippen LogP contribution in [0.5, 0.6) is 0 Å². The maximum atomic E-state index is 12.0. The third-order valence-corrected chi connectivity index (χ3v) is 4.68. The molecule has 0 unspecified atom stereocenters. The average molecular weight is 300 g/mol. The number of halogens is 1. The summed E-state index contributed by atoms with van der Waals surface area (Å²) in [6, 6.07) is 6.94. The number of hydrogen-bond acceptors (Lipinski definition) is 2. The highest BCUT2D eigenvalue weighted by atomic mass is 35.5. The SMILES string of the molecule is O=S(=O)(Cc1cccc(Cl)c1)NCC1=CCCCC1. The average Bonchev–Trinajstić information content (AvgIpc) is 2.37. The highest BCUT2D eigenvalue weighted by molar-refractivity contribution is 7.88. The van der Waals surface area contributed by atoms with Crippen LogP contribution in [-0.2, 0) is 15.8 Å². The van der Waals surface area contributed by atoms with E-state index in [0.717, 1.165) is 19.3 Å². The van der Waals surface area contributed by atoms with Gasteiger partial charge in [-0.3, -0.25) is 0 Å². The summed E-state index contributed by atoms with van der Waals surface area (Å²) in [7, 11) is -3.30. The van der Waals surface area contributed by atoms with Crippen molar-refractivity contribution in [2.45, 2.75) is 31.4 Å². The molecule has 0 aliphatic heterocycles. The highest BCUT2D eigenvalue weighted by Crippen LogP contribution is 2.17. The third kappa shape index (κ3) is 4.97. The quantitative estimate of drug-likeness (QED) is 0.848. The molecule has 0 saturated heterocycles. The molecule has 3 nitrogen and oxygen atoms in total. The number of sulfonamides is 1. The summed E-state index contributed by atoms with van der Waals surface area (Å²) < 4.78 is 26.6. The van der Waals surface area contributed by atoms with Crippen molar-refractivity contribution < 1.29 is 8.42 Å². The van der Waals surface area contributed by atoms with Crippen molar-refractivity contribution in [3.8, 4) is 0 Å². The molecule has 1 N–H and O–H groups in total. The second-order valence-corrected chi connectivity index (χ2v) is 7.06. The van der Waals surface area contributed by atoms with Crippen molar-refractivity contribution in [3.63, 3.8) is 0 Å². The van der Waals surface area contributed by atoms with Crippen molar-refractivity contribution >= 4 is 21.6 Å². The minimum absolute atomic E-state index is 0.0269. The van der Waals surface area contributed by atoms with Crippen LogP contribution < -0.4 is 4.72 Å². The Bertz CT molecular complexity index is 567. The van der Waals surface area contributed by atoms with Gasteiger partial charge in [0, 0.05) is 11.6 Å². The Hall–Kier alpha value is -0.840. The van der Waals surface area contributed by atoms with Gasteiger partial charge in [0.2, 0.25) is 10.0 Å². The van der Waals surface area contributed by atoms with E-state index >= 15 is 0 Å². The van der Waals surface area contributed by atoms with Gasteiger partial charge >= 0.3 is 0 Å². The first-order chi connectivity index (χ1) is 9.05. The molecule has 104 valence electrons. The van der Waals surface area contributed by atoms with Crippen molar-refractivity contribution in [1.29, 1.82) is 0 Å². The molecule has 0 amide bonds. The van der Waals surface area contributed by atoms with Gasteiger partial charge in [-0.05, 0) is 43.4 Å². The van der Waals surface area contributed by atoms with Crippen LogP contribution in [0.25, 0.3) is 0 Å². The molecule has 1 aromatic rings. The zero-order chi connectivity index (χ0) is 13.7. The van der Waals surface area contributed by atoms with E-state index in [-0.39, 0.29) is 5.75 Å². The minimum Gasteiger partial charge on any atom is -0.212 e. The lowest BCUT2D eigenvalue weighted by atomic mass is 10.0. The third-order valence-electron chi connectivity index (χ3n) is 3.15. The minimum atomic E-state index is -3.30. The lowest BCUT2D eigenvalue weighted by molar-refractivity contribution is 0.581. The second-order valence-electron chi connectivity index (χ2n) is 4.82. The van der Waals surface area contributed by atoms with Crippen LogP contribution in [-0.4, -0.2) is 15.0 Å². The first-order valence-corrected chi connectivity index (χ1v) is 8.48. The maximum Gasteiger partial charge on any atom is 0.216 e. The normalized spacial score (nSPS) is 16.2. The number of allylic oxidation sites excluding steroid dienone is 1. The van der Waals surface area contributed by atoms with E-state index in [1.807, 2.05) is 0 Å². The smallest absolute Gasteiger partial charge is 0.212 e. The lowest BCUT2D eigenvalue weighted by Gasteiger charge is -2.13. The van der Waals surface area contributed by atoms with E-state index in [0.29, 0.717) is 17.1 Å². The molecule has 0 spiro atoms. The molecule has 0 aromatic heterocycles. The Morgan fingerprint density at radius 2 is 2.11 bits per heavy atom. The molecule has 0 heterocycles. The van der Waals surface area contributed by atoms with Crippen molar-refractivity contribution in [3.05, 3.63) is 46.5 Å². The molecule has 0 bridgehead atoms. The second kappa shape index (κ2) is 6.55. The summed E-state index contributed by atoms with van der Waals surface area (Å²) in [5.74, 6) is -0.0269. The van der Waals surface area contributed by atoms with Gasteiger partial charge < -0.3 is 0 Å². The Labute approximate surface area is 119 Å². The number of nitrogens with one attached hydrogen (secondary N) is 1. The van der Waals surface area contributed by atoms with Gasteiger partial charge in [-0.1, -0.05) is 35.4 Å². The summed E-state index contributed by atoms with van der Waals surface area (Å²) in [5, 5.41) is 0.558. The van der Waals surface area contributed by atoms with Crippen LogP contribution in [0, 0.1) is 0 Å². The first-order valence-electron chi connectivity index (χ1n) is 6.45. The Balaban J connectivity index is 1.93. The van der Waals surface area contributed by atoms with Gasteiger partial charge in [0.05, 0.1) is 5.75 Å². The van der Waals surface area contributed by atoms with Gasteiger partial charge in [-0.15, -0.1) is 0 Å². The van der Waals surface area contributed by atoms with Gasteiger partial charge in [0.1, 0.15) is 0 Å². The predicted molar refractivity (Wildman–Crippen MR) is 78.6 cm³/mol. The number of benzene rings is 1. The summed E-state index contributed by atoms with van der Waals surface area (Å²) in [5.41, 5.74) is 1.90. The zero-order valence-electron chi connectivity index (χ0n) is 10.7. The summed E-state index contributed by atoms with van der Waals surface area (Å²) in [6.45, 7) is 0.433. The van der Waals surface area contributed by atoms with Crippen LogP contribution in [0.2, 0.25) is 5.02 Å². The molecule has 1 aromatic carbocycles. The monoisotopic (exact) mass is 299 g/mol. The molecule has 2 rings (SSSR count). The molecule has 5 heteroatoms. The first kappa shape index (κ1) is 14.6. The van der Waals surface area contributed by atoms with E-state index in [4.69, 9.17) is 11.6 Å². The van der Waals surface area contributed by atoms with Gasteiger partial charge in [0.15, 0.2) is 0 Å². The van der Waals surface area contributed by atoms with Crippen LogP contribution in [0.4, 0.5) is 0 Å². The highest BCUT2D eigenvalue weighted by Gasteiger charge is 2.13. The van der Waals surface area contributed by atoms with Crippen LogP contribution in [0.1, 0.15) is 31.2 Å². The van der Waals surface area contributed by atoms with E-state index in [2.05, 4.69) is 10.8 Å². The molecule has 1 aliphatic rings. The number of hydrogen-bond donors (Lipinski definition) is 1. The zero-order valence-corrected chi connectivity index (χ0v) is 12.3. The molecular weight excluding hydrogens is 282 g/mol. The lowest BCUT2D eigenvalue weighted by Crippen LogP contribution is -2.27. The fourth-order valence-corrected chi connectivity index (χ4v) is 3.50. The van der Waals surface area contributed by atoms with E-state index in [1.54, 1.807) is 24.3 Å². The topological polar surface area (TPSA) is 46.2 Å². The molecule has 0 atom stereocenters. The number of rotatable bonds is 5. The summed E-state index contributed by atoms with van der Waals surface area (Å²) >= 11 is 5.85. The van der Waals surface area contributed by atoms with Gasteiger partial charge in [-0.25, -0.2) is 13.1 Å². The Kier molecular flexibility index (Phi) is 5.02. The largest absolute Gasteiger partial charge is 0.216 e. The molecular formula is C14H18ClNO2S. The molecule has 19 heavy (non-hydrogen) atoms. The van der Waals surface area contributed by atoms with Crippen LogP contribution >= 0.6 is 11.6 Å². The summed E-state index contributed by atoms with van der Waals surface area (Å²) in [4.78, 5) is 0. The molecule has 0 radical (unpaired) electrons. The van der Waals surface area contributed by atoms with Crippen LogP contribution in [0.3, 0.4) is 0 Å². The van der Waals surface area contributed by atoms with E-state index < -0.39 is 10.0 Å². The molecule has 0 saturated carbocycles. The summed E-state index contributed by atoms with van der Waals surface area (Å²) in [6.07, 6.45) is 6.57. The van der Waals surface area contributed by atoms with E-state index in [1.165, 1.54) is 12.0 Å². The Morgan fingerprint density at radius 3 is 2.79 bits per heavy atom. The predicted octanol–water partition coefficient (Wildman–Crippen LogP) is 3.26. The van der Waals surface area contributed by atoms with Crippen molar-refractivity contribution in [1.82, 2.24) is 4.72 Å². The standard InChI is InChI=1S/C14H18ClNO2S/c15-14-8-4-7-13(9-14)11-19(17,18)16-10-12-5-2-1-3-6-12/h4-5,7-9,16H,1-3,6,10-11H2. The van der Waals surface area contributed by atoms with Crippen LogP contribution in [0.15, 0.2) is 35.9 Å². The molecule has 1 aliphatic carbocycles. The van der Waals surface area contributed by atoms with E-state index in [9.17, 15) is 8.42 Å². The van der Waals surface area contributed by atoms with Crippen molar-refractivity contribution in [2.75, 3.05) is 6.54 Å². The van der Waals surface area contributed by atoms with Crippen molar-refractivity contribution in [2.24, 2.45) is 0 Å². The molecule has 0 fully saturated rings. The van der Waals surface area contributed by atoms with Gasteiger partial charge in [0.25, 0.3) is 0 Å². The Morgan fingerprint density at radius 1 is 1.26 bits per heavy atom. The maximum absolute atomic E-state index is 12.0. The van der Waals surface area contributed by atoms with Gasteiger partial charge in [-0.2, -0.15) is 0 Å². The fraction of sp³-hybridized carbons (Fsp3) is 0.429. The fourth-order valence-electron chi connectivity index (χ4n) is 2.17.